The molecule has 0 aromatic heterocycles. The minimum atomic E-state index is -3.38. The topological polar surface area (TPSA) is 139 Å². The summed E-state index contributed by atoms with van der Waals surface area (Å²) in [7, 11) is -3.38. The summed E-state index contributed by atoms with van der Waals surface area (Å²) in [6.07, 6.45) is -0.175. The van der Waals surface area contributed by atoms with E-state index in [-0.39, 0.29) is 31.1 Å². The van der Waals surface area contributed by atoms with Crippen LogP contribution in [0.4, 0.5) is 4.79 Å². The molecule has 1 atom stereocenters. The van der Waals surface area contributed by atoms with Crippen molar-refractivity contribution in [3.63, 3.8) is 0 Å². The number of alkyl carbamates (subject to hydrolysis) is 1. The van der Waals surface area contributed by atoms with E-state index in [9.17, 15) is 27.9 Å². The fraction of sp³-hybridized carbons (Fsp3) is 0.400. The maximum atomic E-state index is 12.5. The minimum absolute atomic E-state index is 0.106. The van der Waals surface area contributed by atoms with E-state index in [1.54, 1.807) is 13.8 Å². The molecule has 0 heterocycles. The third kappa shape index (κ3) is 7.05. The predicted octanol–water partition coefficient (Wildman–Crippen LogP) is 2.70. The molecule has 2 amide bonds. The minimum Gasteiger partial charge on any atom is -0.480 e. The van der Waals surface area contributed by atoms with Crippen molar-refractivity contribution in [2.45, 2.75) is 44.2 Å². The first-order valence-electron chi connectivity index (χ1n) is 11.2. The maximum absolute atomic E-state index is 12.5. The molecule has 0 radical (unpaired) electrons. The van der Waals surface area contributed by atoms with E-state index in [2.05, 4.69) is 10.6 Å². The number of hydrogen-bond donors (Lipinski definition) is 3. The fourth-order valence-electron chi connectivity index (χ4n) is 4.19. The zero-order valence-corrected chi connectivity index (χ0v) is 20.7. The SMILES string of the molecule is CC(C)(CC(=O)NC(CCS(C)(=O)=O)C(=O)O)NC(=O)OCC1c2ccccc2-c2ccccc21. The van der Waals surface area contributed by atoms with Crippen molar-refractivity contribution in [2.24, 2.45) is 0 Å². The highest BCUT2D eigenvalue weighted by Gasteiger charge is 2.31. The van der Waals surface area contributed by atoms with Crippen molar-refractivity contribution in [2.75, 3.05) is 18.6 Å². The highest BCUT2D eigenvalue weighted by atomic mass is 32.2. The summed E-state index contributed by atoms with van der Waals surface area (Å²) in [5, 5.41) is 14.3. The van der Waals surface area contributed by atoms with Gasteiger partial charge in [0, 0.05) is 24.1 Å². The first-order chi connectivity index (χ1) is 16.4. The summed E-state index contributed by atoms with van der Waals surface area (Å²) >= 11 is 0. The third-order valence-electron chi connectivity index (χ3n) is 5.80. The Balaban J connectivity index is 1.56. The molecule has 1 aliphatic rings. The van der Waals surface area contributed by atoms with Gasteiger partial charge in [-0.3, -0.25) is 4.79 Å². The largest absolute Gasteiger partial charge is 0.480 e. The molecule has 3 N–H and O–H groups in total. The van der Waals surface area contributed by atoms with E-state index in [0.29, 0.717) is 0 Å². The normalized spacial score (nSPS) is 13.9. The average molecular weight is 503 g/mol. The Morgan fingerprint density at radius 3 is 2.09 bits per heavy atom. The van der Waals surface area contributed by atoms with E-state index in [4.69, 9.17) is 4.74 Å². The molecule has 1 aliphatic carbocycles. The molecular weight excluding hydrogens is 472 g/mol. The van der Waals surface area contributed by atoms with Crippen LogP contribution in [0, 0.1) is 0 Å². The number of amides is 2. The Hall–Kier alpha value is -3.40. The third-order valence-corrected chi connectivity index (χ3v) is 6.77. The number of benzene rings is 2. The van der Waals surface area contributed by atoms with Crippen LogP contribution in [0.1, 0.15) is 43.7 Å². The second kappa shape index (κ2) is 10.5. The van der Waals surface area contributed by atoms with Crippen LogP contribution in [0.3, 0.4) is 0 Å². The molecule has 0 spiro atoms. The van der Waals surface area contributed by atoms with E-state index in [1.807, 2.05) is 48.5 Å². The first kappa shape index (κ1) is 26.2. The standard InChI is InChI=1S/C25H30N2O7S/c1-25(2,14-22(28)26-21(23(29)30)12-13-35(3,32)33)27-24(31)34-15-20-18-10-6-4-8-16(18)17-9-5-7-11-19(17)20/h4-11,20-21H,12-15H2,1-3H3,(H,26,28)(H,27,31)(H,29,30). The Bertz CT molecular complexity index is 1180. The van der Waals surface area contributed by atoms with Crippen LogP contribution in [0.15, 0.2) is 48.5 Å². The Morgan fingerprint density at radius 1 is 1.03 bits per heavy atom. The van der Waals surface area contributed by atoms with Crippen molar-refractivity contribution < 1.29 is 32.6 Å². The van der Waals surface area contributed by atoms with Crippen LogP contribution >= 0.6 is 0 Å². The van der Waals surface area contributed by atoms with E-state index in [1.165, 1.54) is 0 Å². The molecule has 1 unspecified atom stereocenters. The van der Waals surface area contributed by atoms with Gasteiger partial charge in [0.1, 0.15) is 22.5 Å². The lowest BCUT2D eigenvalue weighted by Gasteiger charge is -2.26. The van der Waals surface area contributed by atoms with E-state index < -0.39 is 39.4 Å². The van der Waals surface area contributed by atoms with Gasteiger partial charge in [-0.15, -0.1) is 0 Å². The van der Waals surface area contributed by atoms with Crippen LogP contribution in [0.25, 0.3) is 11.1 Å². The van der Waals surface area contributed by atoms with E-state index >= 15 is 0 Å². The van der Waals surface area contributed by atoms with Gasteiger partial charge < -0.3 is 20.5 Å². The van der Waals surface area contributed by atoms with Gasteiger partial charge in [0.25, 0.3) is 0 Å². The van der Waals surface area contributed by atoms with Crippen LogP contribution in [0.2, 0.25) is 0 Å². The molecule has 35 heavy (non-hydrogen) atoms. The highest BCUT2D eigenvalue weighted by molar-refractivity contribution is 7.90. The Morgan fingerprint density at radius 2 is 1.57 bits per heavy atom. The van der Waals surface area contributed by atoms with Gasteiger partial charge in [-0.1, -0.05) is 48.5 Å². The number of hydrogen-bond acceptors (Lipinski definition) is 6. The molecule has 2 aromatic carbocycles. The quantitative estimate of drug-likeness (QED) is 0.454. The van der Waals surface area contributed by atoms with E-state index in [0.717, 1.165) is 28.5 Å². The summed E-state index contributed by atoms with van der Waals surface area (Å²) in [4.78, 5) is 36.3. The van der Waals surface area contributed by atoms with Crippen LogP contribution < -0.4 is 10.6 Å². The second-order valence-corrected chi connectivity index (χ2v) is 11.6. The van der Waals surface area contributed by atoms with Crippen molar-refractivity contribution >= 4 is 27.8 Å². The van der Waals surface area contributed by atoms with Gasteiger partial charge in [-0.25, -0.2) is 18.0 Å². The number of aliphatic carboxylic acids is 1. The molecule has 9 nitrogen and oxygen atoms in total. The summed E-state index contributed by atoms with van der Waals surface area (Å²) in [6.45, 7) is 3.34. The highest BCUT2D eigenvalue weighted by Crippen LogP contribution is 2.44. The van der Waals surface area contributed by atoms with Crippen molar-refractivity contribution in [3.8, 4) is 11.1 Å². The monoisotopic (exact) mass is 502 g/mol. The molecule has 2 aromatic rings. The molecule has 0 aliphatic heterocycles. The fourth-order valence-corrected chi connectivity index (χ4v) is 4.85. The Kier molecular flexibility index (Phi) is 7.84. The van der Waals surface area contributed by atoms with Gasteiger partial charge >= 0.3 is 12.1 Å². The molecule has 0 saturated heterocycles. The predicted molar refractivity (Wildman–Crippen MR) is 131 cm³/mol. The van der Waals surface area contributed by atoms with Gasteiger partial charge in [0.05, 0.1) is 5.75 Å². The lowest BCUT2D eigenvalue weighted by molar-refractivity contribution is -0.142. The summed E-state index contributed by atoms with van der Waals surface area (Å²) in [5.41, 5.74) is 3.34. The van der Waals surface area contributed by atoms with Gasteiger partial charge in [-0.05, 0) is 42.5 Å². The second-order valence-electron chi connectivity index (χ2n) is 9.39. The molecule has 0 saturated carbocycles. The summed E-state index contributed by atoms with van der Waals surface area (Å²) in [6, 6.07) is 14.6. The Labute approximate surface area is 204 Å². The summed E-state index contributed by atoms with van der Waals surface area (Å²) < 4.78 is 28.2. The number of ether oxygens (including phenoxy) is 1. The first-order valence-corrected chi connectivity index (χ1v) is 13.3. The lowest BCUT2D eigenvalue weighted by Crippen LogP contribution is -2.50. The number of carbonyl (C=O) groups is 3. The van der Waals surface area contributed by atoms with Gasteiger partial charge in [0.15, 0.2) is 0 Å². The number of rotatable bonds is 10. The molecule has 0 bridgehead atoms. The van der Waals surface area contributed by atoms with Crippen molar-refractivity contribution in [3.05, 3.63) is 59.7 Å². The number of sulfone groups is 1. The average Bonchev–Trinajstić information content (AvgIpc) is 3.07. The zero-order valence-electron chi connectivity index (χ0n) is 19.9. The van der Waals surface area contributed by atoms with Crippen LogP contribution in [-0.2, 0) is 24.2 Å². The van der Waals surface area contributed by atoms with Gasteiger partial charge in [0.2, 0.25) is 5.91 Å². The van der Waals surface area contributed by atoms with Crippen molar-refractivity contribution in [1.82, 2.24) is 10.6 Å². The number of fused-ring (bicyclic) bond motifs is 3. The molecule has 10 heteroatoms. The summed E-state index contributed by atoms with van der Waals surface area (Å²) in [5.74, 6) is -2.43. The lowest BCUT2D eigenvalue weighted by atomic mass is 9.98. The molecular formula is C25H30N2O7S. The smallest absolute Gasteiger partial charge is 0.407 e. The molecule has 188 valence electrons. The maximum Gasteiger partial charge on any atom is 0.407 e. The zero-order chi connectivity index (χ0) is 25.8. The number of nitrogens with one attached hydrogen (secondary N) is 2. The number of carboxylic acids is 1. The van der Waals surface area contributed by atoms with Crippen LogP contribution in [0.5, 0.6) is 0 Å². The number of carboxylic acid groups (broad SMARTS) is 1. The van der Waals surface area contributed by atoms with Gasteiger partial charge in [-0.2, -0.15) is 0 Å². The molecule has 3 rings (SSSR count). The molecule has 0 fully saturated rings. The number of carbonyl (C=O) groups excluding carboxylic acids is 2. The van der Waals surface area contributed by atoms with Crippen LogP contribution in [-0.4, -0.2) is 61.7 Å². The van der Waals surface area contributed by atoms with Crippen molar-refractivity contribution in [1.29, 1.82) is 0 Å².